The zero-order valence-corrected chi connectivity index (χ0v) is 12.1. The number of nitrogens with zero attached hydrogens (tertiary/aromatic N) is 1. The summed E-state index contributed by atoms with van der Waals surface area (Å²) in [5.41, 5.74) is 0. The fraction of sp³-hybridized carbons (Fsp3) is 0.857. The topological polar surface area (TPSA) is 57.6 Å². The Morgan fingerprint density at radius 2 is 1.95 bits per heavy atom. The minimum Gasteiger partial charge on any atom is -0.480 e. The van der Waals surface area contributed by atoms with E-state index in [2.05, 4.69) is 6.92 Å². The van der Waals surface area contributed by atoms with Crippen LogP contribution in [0.2, 0.25) is 0 Å². The predicted molar refractivity (Wildman–Crippen MR) is 73.7 cm³/mol. The summed E-state index contributed by atoms with van der Waals surface area (Å²) < 4.78 is 0. The molecule has 0 aromatic heterocycles. The van der Waals surface area contributed by atoms with E-state index in [1.165, 1.54) is 0 Å². The highest BCUT2D eigenvalue weighted by Crippen LogP contribution is 2.47. The number of hydrogen-bond donors (Lipinski definition) is 1. The maximum absolute atomic E-state index is 12.8. The summed E-state index contributed by atoms with van der Waals surface area (Å²) in [4.78, 5) is 25.9. The van der Waals surface area contributed by atoms with Crippen LogP contribution in [0.5, 0.6) is 0 Å². The number of carbonyl (C=O) groups is 2. The van der Waals surface area contributed by atoms with Gasteiger partial charge in [-0.25, -0.2) is 4.79 Å². The van der Waals surface area contributed by atoms with Gasteiger partial charge in [-0.2, -0.15) is 0 Å². The van der Waals surface area contributed by atoms with Crippen LogP contribution in [0.25, 0.3) is 0 Å². The minimum atomic E-state index is -0.838. The van der Waals surface area contributed by atoms with Gasteiger partial charge in [0.15, 0.2) is 0 Å². The fourth-order valence-electron chi connectivity index (χ4n) is 3.45. The minimum absolute atomic E-state index is 0.0572. The second-order valence-electron chi connectivity index (χ2n) is 6.18. The van der Waals surface area contributed by atoms with E-state index in [4.69, 9.17) is 0 Å². The van der Waals surface area contributed by atoms with E-state index in [1.54, 1.807) is 16.7 Å². The number of carbonyl (C=O) groups excluding carboxylic acids is 1. The molecule has 1 heterocycles. The Morgan fingerprint density at radius 1 is 1.21 bits per heavy atom. The summed E-state index contributed by atoms with van der Waals surface area (Å²) in [6, 6.07) is -0.601. The van der Waals surface area contributed by atoms with E-state index in [0.29, 0.717) is 17.6 Å². The first-order chi connectivity index (χ1) is 9.09. The SMILES string of the molecule is CC1CCCC1C(=O)N1C(C(=O)O)CSC1C1CC1. The molecule has 0 radical (unpaired) electrons. The summed E-state index contributed by atoms with van der Waals surface area (Å²) in [6.45, 7) is 2.13. The maximum atomic E-state index is 12.8. The summed E-state index contributed by atoms with van der Waals surface area (Å²) in [5.74, 6) is 0.835. The van der Waals surface area contributed by atoms with E-state index >= 15 is 0 Å². The largest absolute Gasteiger partial charge is 0.480 e. The Labute approximate surface area is 117 Å². The molecule has 3 aliphatic rings. The van der Waals surface area contributed by atoms with Crippen molar-refractivity contribution in [3.63, 3.8) is 0 Å². The lowest BCUT2D eigenvalue weighted by molar-refractivity contribution is -0.151. The quantitative estimate of drug-likeness (QED) is 0.862. The number of thioether (sulfide) groups is 1. The predicted octanol–water partition coefficient (Wildman–Crippen LogP) is 2.19. The lowest BCUT2D eigenvalue weighted by atomic mass is 9.95. The summed E-state index contributed by atoms with van der Waals surface area (Å²) >= 11 is 1.67. The van der Waals surface area contributed by atoms with Gasteiger partial charge in [-0.3, -0.25) is 4.79 Å². The molecule has 2 aliphatic carbocycles. The third-order valence-corrected chi connectivity index (χ3v) is 6.24. The van der Waals surface area contributed by atoms with Gasteiger partial charge >= 0.3 is 5.97 Å². The third-order valence-electron chi connectivity index (χ3n) is 4.78. The van der Waals surface area contributed by atoms with Crippen LogP contribution in [0.1, 0.15) is 39.0 Å². The Morgan fingerprint density at radius 3 is 2.47 bits per heavy atom. The van der Waals surface area contributed by atoms with E-state index in [-0.39, 0.29) is 17.2 Å². The van der Waals surface area contributed by atoms with Crippen molar-refractivity contribution in [1.29, 1.82) is 0 Å². The monoisotopic (exact) mass is 283 g/mol. The molecule has 0 spiro atoms. The van der Waals surface area contributed by atoms with Crippen molar-refractivity contribution in [1.82, 2.24) is 4.90 Å². The van der Waals surface area contributed by atoms with Crippen LogP contribution in [-0.4, -0.2) is 39.1 Å². The third kappa shape index (κ3) is 2.37. The number of hydrogen-bond acceptors (Lipinski definition) is 3. The first kappa shape index (κ1) is 13.3. The lowest BCUT2D eigenvalue weighted by Gasteiger charge is -2.31. The Balaban J connectivity index is 1.80. The van der Waals surface area contributed by atoms with Gasteiger partial charge in [0.2, 0.25) is 5.91 Å². The molecule has 4 nitrogen and oxygen atoms in total. The molecule has 3 fully saturated rings. The summed E-state index contributed by atoms with van der Waals surface area (Å²) in [6.07, 6.45) is 5.43. The number of carboxylic acid groups (broad SMARTS) is 1. The molecule has 0 bridgehead atoms. The second-order valence-corrected chi connectivity index (χ2v) is 7.33. The van der Waals surface area contributed by atoms with Crippen LogP contribution < -0.4 is 0 Å². The Bertz CT molecular complexity index is 396. The Hall–Kier alpha value is -0.710. The molecule has 4 unspecified atom stereocenters. The van der Waals surface area contributed by atoms with Crippen molar-refractivity contribution in [2.24, 2.45) is 17.8 Å². The first-order valence-electron chi connectivity index (χ1n) is 7.26. The van der Waals surface area contributed by atoms with Crippen LogP contribution in [0.4, 0.5) is 0 Å². The average Bonchev–Trinajstić information content (AvgIpc) is 2.97. The zero-order valence-electron chi connectivity index (χ0n) is 11.2. The molecule has 4 atom stereocenters. The van der Waals surface area contributed by atoms with E-state index in [0.717, 1.165) is 32.1 Å². The molecular formula is C14H21NO3S. The molecule has 1 N–H and O–H groups in total. The molecule has 2 saturated carbocycles. The molecule has 1 amide bonds. The van der Waals surface area contributed by atoms with Crippen LogP contribution in [0.3, 0.4) is 0 Å². The van der Waals surface area contributed by atoms with Gasteiger partial charge in [0.25, 0.3) is 0 Å². The second kappa shape index (κ2) is 5.00. The van der Waals surface area contributed by atoms with Gasteiger partial charge in [-0.05, 0) is 37.5 Å². The highest BCUT2D eigenvalue weighted by Gasteiger charge is 2.50. The molecule has 19 heavy (non-hydrogen) atoms. The van der Waals surface area contributed by atoms with E-state index in [9.17, 15) is 14.7 Å². The Kier molecular flexibility index (Phi) is 3.50. The van der Waals surface area contributed by atoms with Gasteiger partial charge in [-0.1, -0.05) is 13.3 Å². The zero-order chi connectivity index (χ0) is 13.6. The van der Waals surface area contributed by atoms with Crippen molar-refractivity contribution in [3.05, 3.63) is 0 Å². The van der Waals surface area contributed by atoms with Crippen molar-refractivity contribution < 1.29 is 14.7 Å². The molecule has 0 aromatic carbocycles. The maximum Gasteiger partial charge on any atom is 0.327 e. The number of rotatable bonds is 3. The van der Waals surface area contributed by atoms with E-state index in [1.807, 2.05) is 0 Å². The number of aliphatic carboxylic acids is 1. The molecule has 1 aliphatic heterocycles. The van der Waals surface area contributed by atoms with E-state index < -0.39 is 12.0 Å². The van der Waals surface area contributed by atoms with Crippen LogP contribution >= 0.6 is 11.8 Å². The van der Waals surface area contributed by atoms with Crippen molar-refractivity contribution in [2.75, 3.05) is 5.75 Å². The van der Waals surface area contributed by atoms with Crippen molar-refractivity contribution >= 4 is 23.6 Å². The highest BCUT2D eigenvalue weighted by molar-refractivity contribution is 8.00. The van der Waals surface area contributed by atoms with Gasteiger partial charge in [-0.15, -0.1) is 11.8 Å². The smallest absolute Gasteiger partial charge is 0.327 e. The standard InChI is InChI=1S/C14H21NO3S/c1-8-3-2-4-10(8)12(16)15-11(14(17)18)7-19-13(15)9-5-6-9/h8-11,13H,2-7H2,1H3,(H,17,18). The van der Waals surface area contributed by atoms with Gasteiger partial charge < -0.3 is 10.0 Å². The fourth-order valence-corrected chi connectivity index (χ4v) is 5.08. The average molecular weight is 283 g/mol. The van der Waals surface area contributed by atoms with Crippen LogP contribution in [-0.2, 0) is 9.59 Å². The first-order valence-corrected chi connectivity index (χ1v) is 8.31. The van der Waals surface area contributed by atoms with Crippen LogP contribution in [0.15, 0.2) is 0 Å². The molecule has 1 saturated heterocycles. The van der Waals surface area contributed by atoms with Crippen molar-refractivity contribution in [3.8, 4) is 0 Å². The molecule has 5 heteroatoms. The number of amides is 1. The highest BCUT2D eigenvalue weighted by atomic mass is 32.2. The van der Waals surface area contributed by atoms with Gasteiger partial charge in [0.05, 0.1) is 5.37 Å². The van der Waals surface area contributed by atoms with Crippen LogP contribution in [0, 0.1) is 17.8 Å². The molecule has 3 rings (SSSR count). The molecule has 106 valence electrons. The lowest BCUT2D eigenvalue weighted by Crippen LogP contribution is -2.49. The normalized spacial score (nSPS) is 38.7. The summed E-state index contributed by atoms with van der Waals surface area (Å²) in [7, 11) is 0. The van der Waals surface area contributed by atoms with Gasteiger partial charge in [0, 0.05) is 11.7 Å². The van der Waals surface area contributed by atoms with Crippen molar-refractivity contribution in [2.45, 2.75) is 50.4 Å². The summed E-state index contributed by atoms with van der Waals surface area (Å²) in [5, 5.41) is 9.48. The molecule has 0 aromatic rings. The number of carboxylic acids is 1. The molecular weight excluding hydrogens is 262 g/mol. The van der Waals surface area contributed by atoms with Gasteiger partial charge in [0.1, 0.15) is 6.04 Å².